The standard InChI is InChI=1S/C19H19ClN4OS/c20-18-6-5-16(26-18)2-1-7-23-8-9-24(19(25)13-23)12-14-3-4-15(11-21)17(22)10-14/h1-6,10H,7-9,12-13,22H2. The Hall–Kier alpha value is -2.33. The van der Waals surface area contributed by atoms with Crippen LogP contribution in [0.4, 0.5) is 5.69 Å². The summed E-state index contributed by atoms with van der Waals surface area (Å²) in [6.45, 7) is 3.16. The summed E-state index contributed by atoms with van der Waals surface area (Å²) in [7, 11) is 0. The van der Waals surface area contributed by atoms with E-state index in [-0.39, 0.29) is 5.91 Å². The minimum atomic E-state index is 0.103. The van der Waals surface area contributed by atoms with Crippen LogP contribution in [-0.4, -0.2) is 41.9 Å². The first-order valence-electron chi connectivity index (χ1n) is 8.25. The smallest absolute Gasteiger partial charge is 0.237 e. The zero-order chi connectivity index (χ0) is 18.5. The monoisotopic (exact) mass is 386 g/mol. The first kappa shape index (κ1) is 18.5. The molecule has 2 heterocycles. The lowest BCUT2D eigenvalue weighted by Crippen LogP contribution is -2.49. The second kappa shape index (κ2) is 8.37. The Kier molecular flexibility index (Phi) is 5.94. The number of carbonyl (C=O) groups is 1. The van der Waals surface area contributed by atoms with E-state index in [1.165, 1.54) is 11.3 Å². The van der Waals surface area contributed by atoms with E-state index < -0.39 is 0 Å². The second-order valence-corrected chi connectivity index (χ2v) is 7.87. The van der Waals surface area contributed by atoms with Crippen molar-refractivity contribution in [2.24, 2.45) is 0 Å². The largest absolute Gasteiger partial charge is 0.398 e. The molecule has 1 amide bonds. The number of piperazine rings is 1. The molecule has 134 valence electrons. The first-order valence-corrected chi connectivity index (χ1v) is 9.45. The summed E-state index contributed by atoms with van der Waals surface area (Å²) < 4.78 is 0.775. The lowest BCUT2D eigenvalue weighted by Gasteiger charge is -2.33. The quantitative estimate of drug-likeness (QED) is 0.801. The third kappa shape index (κ3) is 4.64. The lowest BCUT2D eigenvalue weighted by molar-refractivity contribution is -0.136. The van der Waals surface area contributed by atoms with E-state index in [4.69, 9.17) is 22.6 Å². The molecule has 1 aliphatic rings. The highest BCUT2D eigenvalue weighted by Gasteiger charge is 2.23. The number of hydrogen-bond donors (Lipinski definition) is 1. The average Bonchev–Trinajstić information content (AvgIpc) is 3.03. The molecule has 7 heteroatoms. The molecule has 0 spiro atoms. The van der Waals surface area contributed by atoms with Gasteiger partial charge in [0.15, 0.2) is 0 Å². The van der Waals surface area contributed by atoms with Gasteiger partial charge in [-0.2, -0.15) is 5.26 Å². The van der Waals surface area contributed by atoms with E-state index in [2.05, 4.69) is 11.0 Å². The summed E-state index contributed by atoms with van der Waals surface area (Å²) in [5.74, 6) is 0.103. The van der Waals surface area contributed by atoms with Gasteiger partial charge in [-0.15, -0.1) is 11.3 Å². The molecular formula is C19H19ClN4OS. The van der Waals surface area contributed by atoms with Crippen molar-refractivity contribution in [1.82, 2.24) is 9.80 Å². The Morgan fingerprint density at radius 2 is 2.15 bits per heavy atom. The summed E-state index contributed by atoms with van der Waals surface area (Å²) in [6, 6.07) is 11.2. The van der Waals surface area contributed by atoms with E-state index in [0.29, 0.717) is 30.9 Å². The van der Waals surface area contributed by atoms with Gasteiger partial charge in [-0.1, -0.05) is 23.7 Å². The number of carbonyl (C=O) groups excluding carboxylic acids is 1. The van der Waals surface area contributed by atoms with Crippen LogP contribution in [0.5, 0.6) is 0 Å². The highest BCUT2D eigenvalue weighted by molar-refractivity contribution is 7.16. The van der Waals surface area contributed by atoms with Gasteiger partial charge in [0, 0.05) is 36.7 Å². The zero-order valence-corrected chi connectivity index (χ0v) is 15.8. The summed E-state index contributed by atoms with van der Waals surface area (Å²) in [5, 5.41) is 8.94. The molecule has 1 saturated heterocycles. The first-order chi connectivity index (χ1) is 12.5. The predicted molar refractivity (Wildman–Crippen MR) is 106 cm³/mol. The molecule has 2 aromatic rings. The normalized spacial score (nSPS) is 15.5. The number of thiophene rings is 1. The third-order valence-electron chi connectivity index (χ3n) is 4.25. The molecule has 5 nitrogen and oxygen atoms in total. The minimum Gasteiger partial charge on any atom is -0.398 e. The number of halogens is 1. The van der Waals surface area contributed by atoms with Crippen LogP contribution < -0.4 is 5.73 Å². The Morgan fingerprint density at radius 3 is 2.81 bits per heavy atom. The Bertz CT molecular complexity index is 871. The maximum atomic E-state index is 12.4. The summed E-state index contributed by atoms with van der Waals surface area (Å²) >= 11 is 7.45. The molecule has 3 rings (SSSR count). The average molecular weight is 387 g/mol. The van der Waals surface area contributed by atoms with Gasteiger partial charge in [0.25, 0.3) is 0 Å². The summed E-state index contributed by atoms with van der Waals surface area (Å²) in [4.78, 5) is 17.5. The molecule has 0 aliphatic carbocycles. The van der Waals surface area contributed by atoms with Crippen molar-refractivity contribution in [3.05, 3.63) is 56.7 Å². The van der Waals surface area contributed by atoms with Gasteiger partial charge in [-0.3, -0.25) is 9.69 Å². The van der Waals surface area contributed by atoms with Crippen LogP contribution in [0.15, 0.2) is 36.4 Å². The fraction of sp³-hybridized carbons (Fsp3) is 0.263. The van der Waals surface area contributed by atoms with E-state index in [1.54, 1.807) is 12.1 Å². The third-order valence-corrected chi connectivity index (χ3v) is 5.44. The van der Waals surface area contributed by atoms with Gasteiger partial charge < -0.3 is 10.6 Å². The van der Waals surface area contributed by atoms with Crippen molar-refractivity contribution < 1.29 is 4.79 Å². The maximum absolute atomic E-state index is 12.4. The number of amides is 1. The van der Waals surface area contributed by atoms with Crippen molar-refractivity contribution >= 4 is 40.6 Å². The van der Waals surface area contributed by atoms with Crippen molar-refractivity contribution in [3.63, 3.8) is 0 Å². The van der Waals surface area contributed by atoms with Gasteiger partial charge >= 0.3 is 0 Å². The molecule has 0 radical (unpaired) electrons. The van der Waals surface area contributed by atoms with Gasteiger partial charge in [0.2, 0.25) is 5.91 Å². The molecule has 1 aromatic carbocycles. The van der Waals surface area contributed by atoms with E-state index in [0.717, 1.165) is 27.9 Å². The van der Waals surface area contributed by atoms with Crippen molar-refractivity contribution in [3.8, 4) is 6.07 Å². The van der Waals surface area contributed by atoms with E-state index >= 15 is 0 Å². The van der Waals surface area contributed by atoms with Gasteiger partial charge in [-0.05, 0) is 35.9 Å². The van der Waals surface area contributed by atoms with Gasteiger partial charge in [0.1, 0.15) is 6.07 Å². The van der Waals surface area contributed by atoms with Crippen molar-refractivity contribution in [2.45, 2.75) is 6.54 Å². The van der Waals surface area contributed by atoms with Crippen LogP contribution in [0.1, 0.15) is 16.0 Å². The zero-order valence-electron chi connectivity index (χ0n) is 14.2. The van der Waals surface area contributed by atoms with E-state index in [9.17, 15) is 4.79 Å². The molecule has 0 bridgehead atoms. The van der Waals surface area contributed by atoms with E-state index in [1.807, 2.05) is 35.2 Å². The molecule has 0 unspecified atom stereocenters. The van der Waals surface area contributed by atoms with Crippen molar-refractivity contribution in [2.75, 3.05) is 31.9 Å². The Balaban J connectivity index is 1.52. The van der Waals surface area contributed by atoms with Crippen LogP contribution in [0.3, 0.4) is 0 Å². The fourth-order valence-corrected chi connectivity index (χ4v) is 3.84. The molecule has 26 heavy (non-hydrogen) atoms. The molecule has 1 aliphatic heterocycles. The number of benzene rings is 1. The number of anilines is 1. The molecule has 0 saturated carbocycles. The van der Waals surface area contributed by atoms with Crippen LogP contribution >= 0.6 is 22.9 Å². The SMILES string of the molecule is N#Cc1ccc(CN2CCN(CC=Cc3ccc(Cl)s3)CC2=O)cc1N. The number of nitrogens with two attached hydrogens (primary N) is 1. The van der Waals surface area contributed by atoms with Crippen LogP contribution in [-0.2, 0) is 11.3 Å². The molecule has 1 aromatic heterocycles. The summed E-state index contributed by atoms with van der Waals surface area (Å²) in [6.07, 6.45) is 4.10. The number of nitrogen functional groups attached to an aromatic ring is 1. The van der Waals surface area contributed by atoms with Crippen LogP contribution in [0.25, 0.3) is 6.08 Å². The Labute approximate surface area is 161 Å². The minimum absolute atomic E-state index is 0.103. The van der Waals surface area contributed by atoms with Crippen molar-refractivity contribution in [1.29, 1.82) is 5.26 Å². The highest BCUT2D eigenvalue weighted by atomic mass is 35.5. The van der Waals surface area contributed by atoms with Crippen LogP contribution in [0.2, 0.25) is 4.34 Å². The molecule has 1 fully saturated rings. The van der Waals surface area contributed by atoms with Crippen LogP contribution in [0, 0.1) is 11.3 Å². The number of hydrogen-bond acceptors (Lipinski definition) is 5. The lowest BCUT2D eigenvalue weighted by atomic mass is 10.1. The topological polar surface area (TPSA) is 73.4 Å². The predicted octanol–water partition coefficient (Wildman–Crippen LogP) is 3.21. The number of nitriles is 1. The Morgan fingerprint density at radius 1 is 1.31 bits per heavy atom. The van der Waals surface area contributed by atoms with Gasteiger partial charge in [0.05, 0.1) is 16.4 Å². The maximum Gasteiger partial charge on any atom is 0.237 e. The van der Waals surface area contributed by atoms with Gasteiger partial charge in [-0.25, -0.2) is 0 Å². The molecular weight excluding hydrogens is 368 g/mol. The second-order valence-electron chi connectivity index (χ2n) is 6.13. The summed E-state index contributed by atoms with van der Waals surface area (Å²) in [5.41, 5.74) is 7.71. The molecule has 2 N–H and O–H groups in total. The number of nitrogens with zero attached hydrogens (tertiary/aromatic N) is 3. The fourth-order valence-electron chi connectivity index (χ4n) is 2.85. The number of rotatable bonds is 5. The highest BCUT2D eigenvalue weighted by Crippen LogP contribution is 2.22. The molecule has 0 atom stereocenters.